The molecule has 0 aliphatic carbocycles. The topological polar surface area (TPSA) is 59.4 Å². The van der Waals surface area contributed by atoms with Crippen LogP contribution in [0.2, 0.25) is 0 Å². The molecule has 1 N–H and O–H groups in total. The summed E-state index contributed by atoms with van der Waals surface area (Å²) in [7, 11) is 0. The highest BCUT2D eigenvalue weighted by Gasteiger charge is 2.15. The maximum absolute atomic E-state index is 13.6. The van der Waals surface area contributed by atoms with E-state index in [0.717, 1.165) is 28.0 Å². The van der Waals surface area contributed by atoms with Gasteiger partial charge in [-0.1, -0.05) is 30.3 Å². The monoisotopic (exact) mass is 401 g/mol. The van der Waals surface area contributed by atoms with Crippen LogP contribution in [0.15, 0.2) is 66.7 Å². The number of aromatic nitrogens is 1. The molecule has 1 heterocycles. The van der Waals surface area contributed by atoms with Crippen molar-refractivity contribution in [2.75, 3.05) is 6.61 Å². The van der Waals surface area contributed by atoms with E-state index >= 15 is 0 Å². The number of nitrogens with zero attached hydrogens (tertiary/aromatic N) is 1. The molecule has 0 unspecified atom stereocenters. The molecule has 0 amide bonds. The van der Waals surface area contributed by atoms with E-state index < -0.39 is 11.8 Å². The zero-order chi connectivity index (χ0) is 21.3. The second kappa shape index (κ2) is 7.95. The van der Waals surface area contributed by atoms with Crippen LogP contribution in [0.4, 0.5) is 4.39 Å². The van der Waals surface area contributed by atoms with Crippen LogP contribution < -0.4 is 4.74 Å². The van der Waals surface area contributed by atoms with Gasteiger partial charge in [-0.05, 0) is 61.4 Å². The van der Waals surface area contributed by atoms with Gasteiger partial charge in [-0.3, -0.25) is 0 Å². The Morgan fingerprint density at radius 1 is 1.03 bits per heavy atom. The van der Waals surface area contributed by atoms with E-state index in [9.17, 15) is 14.3 Å². The number of carboxylic acids is 1. The molecule has 30 heavy (non-hydrogen) atoms. The van der Waals surface area contributed by atoms with Crippen molar-refractivity contribution in [3.63, 3.8) is 0 Å². The predicted octanol–water partition coefficient (Wildman–Crippen LogP) is 6.11. The minimum atomic E-state index is -1.12. The summed E-state index contributed by atoms with van der Waals surface area (Å²) < 4.78 is 19.4. The Bertz CT molecular complexity index is 1270. The van der Waals surface area contributed by atoms with Gasteiger partial charge in [0.1, 0.15) is 11.6 Å². The number of hydrogen-bond acceptors (Lipinski definition) is 3. The van der Waals surface area contributed by atoms with Crippen molar-refractivity contribution >= 4 is 16.9 Å². The number of halogens is 1. The summed E-state index contributed by atoms with van der Waals surface area (Å²) in [6.07, 6.45) is 0. The third kappa shape index (κ3) is 3.62. The Kier molecular flexibility index (Phi) is 5.19. The van der Waals surface area contributed by atoms with E-state index in [1.165, 1.54) is 24.3 Å². The molecule has 0 saturated heterocycles. The van der Waals surface area contributed by atoms with Gasteiger partial charge in [0, 0.05) is 16.5 Å². The first-order valence-corrected chi connectivity index (χ1v) is 9.64. The molecule has 0 radical (unpaired) electrons. The number of rotatable bonds is 5. The molecule has 0 aliphatic rings. The molecule has 4 nitrogen and oxygen atoms in total. The van der Waals surface area contributed by atoms with Crippen molar-refractivity contribution in [2.45, 2.75) is 13.8 Å². The molecule has 0 aliphatic heterocycles. The van der Waals surface area contributed by atoms with Gasteiger partial charge in [0.15, 0.2) is 0 Å². The first kappa shape index (κ1) is 19.6. The fourth-order valence-corrected chi connectivity index (χ4v) is 3.62. The molecule has 0 spiro atoms. The summed E-state index contributed by atoms with van der Waals surface area (Å²) in [6.45, 7) is 4.52. The van der Waals surface area contributed by atoms with Crippen LogP contribution in [0.25, 0.3) is 33.3 Å². The maximum atomic E-state index is 13.6. The SMILES string of the molecule is CCOc1ccccc1-c1ccc(-c2cc(C(=O)O)c3cc(F)ccc3n2)cc1C. The fraction of sp³-hybridized carbons (Fsp3) is 0.120. The molecule has 150 valence electrons. The summed E-state index contributed by atoms with van der Waals surface area (Å²) >= 11 is 0. The molecule has 5 heteroatoms. The Labute approximate surface area is 173 Å². The summed E-state index contributed by atoms with van der Waals surface area (Å²) in [5.74, 6) is -0.796. The first-order chi connectivity index (χ1) is 14.5. The molecule has 1 aromatic heterocycles. The Morgan fingerprint density at radius 2 is 1.83 bits per heavy atom. The van der Waals surface area contributed by atoms with Gasteiger partial charge in [-0.2, -0.15) is 0 Å². The largest absolute Gasteiger partial charge is 0.493 e. The number of carbonyl (C=O) groups is 1. The lowest BCUT2D eigenvalue weighted by molar-refractivity contribution is 0.0699. The van der Waals surface area contributed by atoms with Crippen LogP contribution in [0.3, 0.4) is 0 Å². The molecule has 4 aromatic rings. The van der Waals surface area contributed by atoms with Crippen molar-refractivity contribution in [1.29, 1.82) is 0 Å². The third-order valence-electron chi connectivity index (χ3n) is 5.00. The van der Waals surface area contributed by atoms with Crippen molar-refractivity contribution in [2.24, 2.45) is 0 Å². The van der Waals surface area contributed by atoms with Crippen molar-refractivity contribution < 1.29 is 19.0 Å². The lowest BCUT2D eigenvalue weighted by Gasteiger charge is -2.14. The van der Waals surface area contributed by atoms with E-state index in [1.807, 2.05) is 56.3 Å². The predicted molar refractivity (Wildman–Crippen MR) is 115 cm³/mol. The normalized spacial score (nSPS) is 10.9. The number of fused-ring (bicyclic) bond motifs is 1. The van der Waals surface area contributed by atoms with Crippen LogP contribution in [0.1, 0.15) is 22.8 Å². The Morgan fingerprint density at radius 3 is 2.57 bits per heavy atom. The molecule has 0 saturated carbocycles. The van der Waals surface area contributed by atoms with Crippen LogP contribution in [0.5, 0.6) is 5.75 Å². The number of benzene rings is 3. The van der Waals surface area contributed by atoms with Gasteiger partial charge in [0.05, 0.1) is 23.4 Å². The Balaban J connectivity index is 1.83. The first-order valence-electron chi connectivity index (χ1n) is 9.64. The number of aryl methyl sites for hydroxylation is 1. The number of pyridine rings is 1. The van der Waals surface area contributed by atoms with Gasteiger partial charge >= 0.3 is 5.97 Å². The van der Waals surface area contributed by atoms with Gasteiger partial charge in [-0.25, -0.2) is 14.2 Å². The van der Waals surface area contributed by atoms with Gasteiger partial charge in [0.2, 0.25) is 0 Å². The molecular weight excluding hydrogens is 381 g/mol. The summed E-state index contributed by atoms with van der Waals surface area (Å²) in [6, 6.07) is 19.2. The van der Waals surface area contributed by atoms with Gasteiger partial charge in [-0.15, -0.1) is 0 Å². The smallest absolute Gasteiger partial charge is 0.336 e. The van der Waals surface area contributed by atoms with E-state index in [2.05, 4.69) is 4.98 Å². The molecule has 3 aromatic carbocycles. The average Bonchev–Trinajstić information content (AvgIpc) is 2.73. The average molecular weight is 401 g/mol. The molecule has 0 bridgehead atoms. The number of aromatic carboxylic acids is 1. The summed E-state index contributed by atoms with van der Waals surface area (Å²) in [5, 5.41) is 9.89. The zero-order valence-electron chi connectivity index (χ0n) is 16.6. The minimum Gasteiger partial charge on any atom is -0.493 e. The van der Waals surface area contributed by atoms with E-state index in [0.29, 0.717) is 17.8 Å². The van der Waals surface area contributed by atoms with Gasteiger partial charge in [0.25, 0.3) is 0 Å². The van der Waals surface area contributed by atoms with Crippen molar-refractivity contribution in [1.82, 2.24) is 4.98 Å². The van der Waals surface area contributed by atoms with Crippen LogP contribution in [-0.4, -0.2) is 22.7 Å². The number of hydrogen-bond donors (Lipinski definition) is 1. The second-order valence-electron chi connectivity index (χ2n) is 6.98. The summed E-state index contributed by atoms with van der Waals surface area (Å²) in [5.41, 5.74) is 4.82. The van der Waals surface area contributed by atoms with Crippen LogP contribution >= 0.6 is 0 Å². The third-order valence-corrected chi connectivity index (χ3v) is 5.00. The van der Waals surface area contributed by atoms with Crippen molar-refractivity contribution in [3.05, 3.63) is 83.7 Å². The molecule has 0 atom stereocenters. The lowest BCUT2D eigenvalue weighted by atomic mass is 9.96. The number of carboxylic acid groups (broad SMARTS) is 1. The van der Waals surface area contributed by atoms with Gasteiger partial charge < -0.3 is 9.84 Å². The van der Waals surface area contributed by atoms with Crippen LogP contribution in [-0.2, 0) is 0 Å². The number of ether oxygens (including phenoxy) is 1. The Hall–Kier alpha value is -3.73. The highest BCUT2D eigenvalue weighted by Crippen LogP contribution is 2.34. The quantitative estimate of drug-likeness (QED) is 0.438. The van der Waals surface area contributed by atoms with E-state index in [4.69, 9.17) is 4.74 Å². The molecular formula is C25H20FNO3. The van der Waals surface area contributed by atoms with Crippen LogP contribution in [0, 0.1) is 12.7 Å². The molecule has 4 rings (SSSR count). The van der Waals surface area contributed by atoms with Crippen molar-refractivity contribution in [3.8, 4) is 28.1 Å². The lowest BCUT2D eigenvalue weighted by Crippen LogP contribution is -2.01. The number of para-hydroxylation sites is 1. The summed E-state index contributed by atoms with van der Waals surface area (Å²) in [4.78, 5) is 16.3. The van der Waals surface area contributed by atoms with E-state index in [-0.39, 0.29) is 10.9 Å². The minimum absolute atomic E-state index is 0.0259. The van der Waals surface area contributed by atoms with E-state index in [1.54, 1.807) is 0 Å². The zero-order valence-corrected chi connectivity index (χ0v) is 16.6. The highest BCUT2D eigenvalue weighted by molar-refractivity contribution is 6.03. The second-order valence-corrected chi connectivity index (χ2v) is 6.98. The standard InChI is InChI=1S/C25H20FNO3/c1-3-30-24-7-5-4-6-19(24)18-10-8-16(12-15(18)2)23-14-21(25(28)29)20-13-17(26)9-11-22(20)27-23/h4-14H,3H2,1-2H3,(H,28,29). The fourth-order valence-electron chi connectivity index (χ4n) is 3.62. The maximum Gasteiger partial charge on any atom is 0.336 e. The highest BCUT2D eigenvalue weighted by atomic mass is 19.1. The molecule has 0 fully saturated rings.